The predicted octanol–water partition coefficient (Wildman–Crippen LogP) is 3.04. The summed E-state index contributed by atoms with van der Waals surface area (Å²) in [6.07, 6.45) is 0. The highest BCUT2D eigenvalue weighted by molar-refractivity contribution is 7.99. The Morgan fingerprint density at radius 3 is 2.29 bits per heavy atom. The van der Waals surface area contributed by atoms with Gasteiger partial charge in [-0.1, -0.05) is 32.9 Å². The van der Waals surface area contributed by atoms with Crippen LogP contribution in [-0.4, -0.2) is 19.3 Å². The monoisotopic (exact) mass is 252 g/mol. The third kappa shape index (κ3) is 3.73. The molecular formula is C14H24N2S. The first-order chi connectivity index (χ1) is 8.05. The molecule has 3 heteroatoms. The largest absolute Gasteiger partial charge is 0.330 e. The molecule has 0 aromatic heterocycles. The average Bonchev–Trinajstić information content (AvgIpc) is 2.32. The van der Waals surface area contributed by atoms with E-state index in [-0.39, 0.29) is 5.41 Å². The van der Waals surface area contributed by atoms with Crippen molar-refractivity contribution in [3.63, 3.8) is 0 Å². The Morgan fingerprint density at radius 2 is 1.88 bits per heavy atom. The van der Waals surface area contributed by atoms with E-state index in [1.165, 1.54) is 10.5 Å². The molecule has 1 aromatic carbocycles. The molecule has 3 N–H and O–H groups in total. The fraction of sp³-hybridized carbons (Fsp3) is 0.571. The van der Waals surface area contributed by atoms with Crippen molar-refractivity contribution in [1.82, 2.24) is 5.32 Å². The zero-order valence-electron chi connectivity index (χ0n) is 11.3. The van der Waals surface area contributed by atoms with Crippen molar-refractivity contribution >= 4 is 11.8 Å². The molecule has 96 valence electrons. The fourth-order valence-electron chi connectivity index (χ4n) is 2.05. The first-order valence-corrected chi connectivity index (χ1v) is 7.13. The molecule has 0 spiro atoms. The highest BCUT2D eigenvalue weighted by atomic mass is 32.2. The minimum absolute atomic E-state index is 0.0637. The van der Waals surface area contributed by atoms with Crippen LogP contribution in [0.5, 0.6) is 0 Å². The van der Waals surface area contributed by atoms with Gasteiger partial charge < -0.3 is 11.1 Å². The smallest absolute Gasteiger partial charge is 0.0381 e. The van der Waals surface area contributed by atoms with Crippen molar-refractivity contribution in [2.24, 2.45) is 11.1 Å². The van der Waals surface area contributed by atoms with E-state index in [0.717, 1.165) is 5.75 Å². The number of hydrogen-bond donors (Lipinski definition) is 2. The van der Waals surface area contributed by atoms with E-state index in [9.17, 15) is 0 Å². The summed E-state index contributed by atoms with van der Waals surface area (Å²) in [5, 5.41) is 3.37. The van der Waals surface area contributed by atoms with Gasteiger partial charge >= 0.3 is 0 Å². The highest BCUT2D eigenvalue weighted by Crippen LogP contribution is 2.32. The van der Waals surface area contributed by atoms with Crippen molar-refractivity contribution in [3.8, 4) is 0 Å². The SMILES string of the molecule is CCSc1ccc(C(NC)C(C)(C)CN)cc1. The predicted molar refractivity (Wildman–Crippen MR) is 77.5 cm³/mol. The van der Waals surface area contributed by atoms with Gasteiger partial charge in [0, 0.05) is 10.9 Å². The number of benzene rings is 1. The molecule has 2 nitrogen and oxygen atoms in total. The molecule has 0 saturated heterocycles. The van der Waals surface area contributed by atoms with Gasteiger partial charge in [0.05, 0.1) is 0 Å². The summed E-state index contributed by atoms with van der Waals surface area (Å²) < 4.78 is 0. The van der Waals surface area contributed by atoms with Crippen molar-refractivity contribution in [3.05, 3.63) is 29.8 Å². The van der Waals surface area contributed by atoms with E-state index in [4.69, 9.17) is 5.73 Å². The molecule has 1 unspecified atom stereocenters. The second-order valence-corrected chi connectivity index (χ2v) is 6.25. The molecule has 0 heterocycles. The number of hydrogen-bond acceptors (Lipinski definition) is 3. The third-order valence-electron chi connectivity index (χ3n) is 3.12. The van der Waals surface area contributed by atoms with Gasteiger partial charge in [-0.15, -0.1) is 11.8 Å². The summed E-state index contributed by atoms with van der Waals surface area (Å²) >= 11 is 1.87. The summed E-state index contributed by atoms with van der Waals surface area (Å²) in [5.41, 5.74) is 7.23. The number of rotatable bonds is 6. The molecule has 0 aliphatic carbocycles. The average molecular weight is 252 g/mol. The second kappa shape index (κ2) is 6.43. The summed E-state index contributed by atoms with van der Waals surface area (Å²) in [7, 11) is 2.00. The van der Waals surface area contributed by atoms with Crippen molar-refractivity contribution in [2.45, 2.75) is 31.7 Å². The minimum Gasteiger partial charge on any atom is -0.330 e. The highest BCUT2D eigenvalue weighted by Gasteiger charge is 2.27. The van der Waals surface area contributed by atoms with Gasteiger partial charge in [-0.05, 0) is 42.5 Å². The first-order valence-electron chi connectivity index (χ1n) is 6.15. The van der Waals surface area contributed by atoms with Gasteiger partial charge in [0.1, 0.15) is 0 Å². The maximum absolute atomic E-state index is 5.85. The van der Waals surface area contributed by atoms with E-state index in [2.05, 4.69) is 50.4 Å². The summed E-state index contributed by atoms with van der Waals surface area (Å²) in [5.74, 6) is 1.11. The van der Waals surface area contributed by atoms with Crippen LogP contribution in [-0.2, 0) is 0 Å². The zero-order chi connectivity index (χ0) is 12.9. The molecule has 0 bridgehead atoms. The Kier molecular flexibility index (Phi) is 5.50. The maximum atomic E-state index is 5.85. The fourth-order valence-corrected chi connectivity index (χ4v) is 2.71. The van der Waals surface area contributed by atoms with E-state index >= 15 is 0 Å². The molecular weight excluding hydrogens is 228 g/mol. The molecule has 0 amide bonds. The van der Waals surface area contributed by atoms with Crippen LogP contribution >= 0.6 is 11.8 Å². The lowest BCUT2D eigenvalue weighted by Gasteiger charge is -2.33. The van der Waals surface area contributed by atoms with Crippen molar-refractivity contribution < 1.29 is 0 Å². The third-order valence-corrected chi connectivity index (χ3v) is 4.01. The van der Waals surface area contributed by atoms with Crippen molar-refractivity contribution in [2.75, 3.05) is 19.3 Å². The Balaban J connectivity index is 2.89. The minimum atomic E-state index is 0.0637. The van der Waals surface area contributed by atoms with Gasteiger partial charge in [-0.2, -0.15) is 0 Å². The van der Waals surface area contributed by atoms with Gasteiger partial charge in [0.15, 0.2) is 0 Å². The molecule has 17 heavy (non-hydrogen) atoms. The maximum Gasteiger partial charge on any atom is 0.0381 e. The van der Waals surface area contributed by atoms with Gasteiger partial charge in [0.25, 0.3) is 0 Å². The lowest BCUT2D eigenvalue weighted by Crippen LogP contribution is -2.37. The number of nitrogens with one attached hydrogen (secondary N) is 1. The van der Waals surface area contributed by atoms with Crippen LogP contribution in [0.3, 0.4) is 0 Å². The zero-order valence-corrected chi connectivity index (χ0v) is 12.1. The summed E-state index contributed by atoms with van der Waals surface area (Å²) in [6, 6.07) is 9.10. The standard InChI is InChI=1S/C14H24N2S/c1-5-17-12-8-6-11(7-9-12)13(16-4)14(2,3)10-15/h6-9,13,16H,5,10,15H2,1-4H3. The topological polar surface area (TPSA) is 38.0 Å². The lowest BCUT2D eigenvalue weighted by atomic mass is 9.80. The van der Waals surface area contributed by atoms with E-state index in [0.29, 0.717) is 12.6 Å². The van der Waals surface area contributed by atoms with Crippen LogP contribution in [0.25, 0.3) is 0 Å². The Bertz CT molecular complexity index is 333. The van der Waals surface area contributed by atoms with Crippen LogP contribution < -0.4 is 11.1 Å². The van der Waals surface area contributed by atoms with Crippen LogP contribution in [0, 0.1) is 5.41 Å². The van der Waals surface area contributed by atoms with E-state index in [1.54, 1.807) is 0 Å². The Morgan fingerprint density at radius 1 is 1.29 bits per heavy atom. The second-order valence-electron chi connectivity index (χ2n) is 4.92. The molecule has 0 aliphatic heterocycles. The van der Waals surface area contributed by atoms with Crippen LogP contribution in [0.2, 0.25) is 0 Å². The summed E-state index contributed by atoms with van der Waals surface area (Å²) in [4.78, 5) is 1.33. The van der Waals surface area contributed by atoms with Gasteiger partial charge in [0.2, 0.25) is 0 Å². The first kappa shape index (κ1) is 14.6. The van der Waals surface area contributed by atoms with Crippen LogP contribution in [0.4, 0.5) is 0 Å². The molecule has 0 radical (unpaired) electrons. The van der Waals surface area contributed by atoms with Gasteiger partial charge in [-0.25, -0.2) is 0 Å². The quantitative estimate of drug-likeness (QED) is 0.764. The van der Waals surface area contributed by atoms with Crippen LogP contribution in [0.1, 0.15) is 32.4 Å². The number of nitrogens with two attached hydrogens (primary N) is 1. The Hall–Kier alpha value is -0.510. The van der Waals surface area contributed by atoms with Gasteiger partial charge in [-0.3, -0.25) is 0 Å². The molecule has 0 saturated carbocycles. The molecule has 1 rings (SSSR count). The Labute approximate surface area is 109 Å². The van der Waals surface area contributed by atoms with Crippen LogP contribution in [0.15, 0.2) is 29.2 Å². The van der Waals surface area contributed by atoms with E-state index in [1.807, 2.05) is 18.8 Å². The normalized spacial score (nSPS) is 13.7. The van der Waals surface area contributed by atoms with Crippen molar-refractivity contribution in [1.29, 1.82) is 0 Å². The lowest BCUT2D eigenvalue weighted by molar-refractivity contribution is 0.265. The number of thioether (sulfide) groups is 1. The molecule has 1 aromatic rings. The van der Waals surface area contributed by atoms with E-state index < -0.39 is 0 Å². The molecule has 0 aliphatic rings. The molecule has 0 fully saturated rings. The molecule has 1 atom stereocenters. The summed E-state index contributed by atoms with van der Waals surface area (Å²) in [6.45, 7) is 7.24.